The topological polar surface area (TPSA) is 90.2 Å². The SMILES string of the molecule is N#CCSCC(=O)Nc1ccc(F)cc1C(=O)O. The van der Waals surface area contributed by atoms with Gasteiger partial charge in [-0.25, -0.2) is 9.18 Å². The van der Waals surface area contributed by atoms with E-state index >= 15 is 0 Å². The highest BCUT2D eigenvalue weighted by Gasteiger charge is 2.13. The molecule has 0 radical (unpaired) electrons. The summed E-state index contributed by atoms with van der Waals surface area (Å²) in [6.45, 7) is 0. The Labute approximate surface area is 107 Å². The molecule has 1 aromatic rings. The molecule has 1 rings (SSSR count). The fourth-order valence-corrected chi connectivity index (χ4v) is 1.63. The minimum absolute atomic E-state index is 0.0317. The zero-order valence-corrected chi connectivity index (χ0v) is 9.96. The summed E-state index contributed by atoms with van der Waals surface area (Å²) in [5, 5.41) is 19.5. The van der Waals surface area contributed by atoms with E-state index in [2.05, 4.69) is 5.32 Å². The molecule has 5 nitrogen and oxygen atoms in total. The normalized spacial score (nSPS) is 9.56. The monoisotopic (exact) mass is 268 g/mol. The van der Waals surface area contributed by atoms with Gasteiger partial charge in [-0.15, -0.1) is 11.8 Å². The van der Waals surface area contributed by atoms with E-state index in [1.807, 2.05) is 6.07 Å². The molecule has 0 aliphatic rings. The van der Waals surface area contributed by atoms with Gasteiger partial charge in [-0.3, -0.25) is 4.79 Å². The largest absolute Gasteiger partial charge is 0.478 e. The fraction of sp³-hybridized carbons (Fsp3) is 0.182. The molecule has 0 saturated carbocycles. The number of hydrogen-bond donors (Lipinski definition) is 2. The standard InChI is InChI=1S/C11H9FN2O3S/c12-7-1-2-9(8(5-7)11(16)17)14-10(15)6-18-4-3-13/h1-2,5H,4,6H2,(H,14,15)(H,16,17). The first-order chi connectivity index (χ1) is 8.54. The number of nitrogens with one attached hydrogen (secondary N) is 1. The van der Waals surface area contributed by atoms with Gasteiger partial charge >= 0.3 is 5.97 Å². The molecule has 0 aliphatic carbocycles. The number of carbonyl (C=O) groups is 2. The Hall–Kier alpha value is -2.07. The van der Waals surface area contributed by atoms with Gasteiger partial charge in [0.15, 0.2) is 0 Å². The van der Waals surface area contributed by atoms with E-state index in [1.54, 1.807) is 0 Å². The van der Waals surface area contributed by atoms with E-state index < -0.39 is 17.7 Å². The molecular formula is C11H9FN2O3S. The molecule has 0 heterocycles. The lowest BCUT2D eigenvalue weighted by Crippen LogP contribution is -2.17. The number of benzene rings is 1. The first-order valence-electron chi connectivity index (χ1n) is 4.82. The number of nitrogens with zero attached hydrogens (tertiary/aromatic N) is 1. The molecule has 1 amide bonds. The molecular weight excluding hydrogens is 259 g/mol. The van der Waals surface area contributed by atoms with Gasteiger partial charge in [-0.05, 0) is 18.2 Å². The number of carbonyl (C=O) groups excluding carboxylic acids is 1. The highest BCUT2D eigenvalue weighted by Crippen LogP contribution is 2.17. The van der Waals surface area contributed by atoms with Crippen LogP contribution in [0.3, 0.4) is 0 Å². The van der Waals surface area contributed by atoms with Crippen LogP contribution in [0.5, 0.6) is 0 Å². The van der Waals surface area contributed by atoms with Gasteiger partial charge in [0.2, 0.25) is 5.91 Å². The molecule has 0 spiro atoms. The number of hydrogen-bond acceptors (Lipinski definition) is 4. The number of halogens is 1. The van der Waals surface area contributed by atoms with Gasteiger partial charge in [-0.1, -0.05) is 0 Å². The van der Waals surface area contributed by atoms with Gasteiger partial charge in [0.25, 0.3) is 0 Å². The molecule has 0 unspecified atom stereocenters. The number of anilines is 1. The Kier molecular flexibility index (Phi) is 5.14. The summed E-state index contributed by atoms with van der Waals surface area (Å²) in [5.74, 6) is -2.25. The Morgan fingerprint density at radius 1 is 1.50 bits per heavy atom. The number of aromatic carboxylic acids is 1. The second kappa shape index (κ2) is 6.61. The lowest BCUT2D eigenvalue weighted by atomic mass is 10.1. The van der Waals surface area contributed by atoms with Gasteiger partial charge in [0.1, 0.15) is 5.82 Å². The van der Waals surface area contributed by atoms with Crippen molar-refractivity contribution in [3.63, 3.8) is 0 Å². The van der Waals surface area contributed by atoms with Gasteiger partial charge in [0, 0.05) is 0 Å². The Bertz CT molecular complexity index is 514. The average Bonchev–Trinajstić information content (AvgIpc) is 2.31. The molecule has 7 heteroatoms. The van der Waals surface area contributed by atoms with Crippen LogP contribution in [-0.2, 0) is 4.79 Å². The summed E-state index contributed by atoms with van der Waals surface area (Å²) in [5.41, 5.74) is -0.278. The molecule has 0 saturated heterocycles. The van der Waals surface area contributed by atoms with Crippen LogP contribution < -0.4 is 5.32 Å². The second-order valence-electron chi connectivity index (χ2n) is 3.19. The molecule has 0 fully saturated rings. The van der Waals surface area contributed by atoms with Crippen molar-refractivity contribution < 1.29 is 19.1 Å². The molecule has 0 aliphatic heterocycles. The summed E-state index contributed by atoms with van der Waals surface area (Å²) >= 11 is 1.10. The van der Waals surface area contributed by atoms with Crippen LogP contribution >= 0.6 is 11.8 Å². The average molecular weight is 268 g/mol. The number of carboxylic acids is 1. The summed E-state index contributed by atoms with van der Waals surface area (Å²) < 4.78 is 12.9. The van der Waals surface area contributed by atoms with E-state index in [1.165, 1.54) is 6.07 Å². The predicted molar refractivity (Wildman–Crippen MR) is 64.9 cm³/mol. The maximum absolute atomic E-state index is 12.9. The summed E-state index contributed by atoms with van der Waals surface area (Å²) in [4.78, 5) is 22.3. The lowest BCUT2D eigenvalue weighted by molar-refractivity contribution is -0.113. The smallest absolute Gasteiger partial charge is 0.337 e. The number of carboxylic acid groups (broad SMARTS) is 1. The quantitative estimate of drug-likeness (QED) is 0.793. The van der Waals surface area contributed by atoms with Gasteiger partial charge in [0.05, 0.1) is 28.8 Å². The van der Waals surface area contributed by atoms with E-state index in [0.29, 0.717) is 0 Å². The van der Waals surface area contributed by atoms with Crippen molar-refractivity contribution in [2.45, 2.75) is 0 Å². The highest BCUT2D eigenvalue weighted by atomic mass is 32.2. The maximum atomic E-state index is 12.9. The van der Waals surface area contributed by atoms with E-state index in [-0.39, 0.29) is 22.8 Å². The molecule has 0 atom stereocenters. The van der Waals surface area contributed by atoms with Crippen LogP contribution in [0.2, 0.25) is 0 Å². The minimum Gasteiger partial charge on any atom is -0.478 e. The maximum Gasteiger partial charge on any atom is 0.337 e. The number of rotatable bonds is 5. The van der Waals surface area contributed by atoms with Crippen molar-refractivity contribution in [3.05, 3.63) is 29.6 Å². The van der Waals surface area contributed by atoms with Crippen molar-refractivity contribution in [2.24, 2.45) is 0 Å². The molecule has 18 heavy (non-hydrogen) atoms. The van der Waals surface area contributed by atoms with E-state index in [9.17, 15) is 14.0 Å². The minimum atomic E-state index is -1.32. The first-order valence-corrected chi connectivity index (χ1v) is 5.97. The van der Waals surface area contributed by atoms with Crippen molar-refractivity contribution in [1.82, 2.24) is 0 Å². The van der Waals surface area contributed by atoms with Gasteiger partial charge in [-0.2, -0.15) is 5.26 Å². The van der Waals surface area contributed by atoms with E-state index in [4.69, 9.17) is 10.4 Å². The molecule has 0 bridgehead atoms. The third-order valence-corrected chi connectivity index (χ3v) is 2.69. The molecule has 0 aromatic heterocycles. The summed E-state index contributed by atoms with van der Waals surface area (Å²) in [6, 6.07) is 4.94. The van der Waals surface area contributed by atoms with Crippen LogP contribution in [-0.4, -0.2) is 28.5 Å². The number of amides is 1. The Morgan fingerprint density at radius 3 is 2.83 bits per heavy atom. The van der Waals surface area contributed by atoms with Crippen molar-refractivity contribution >= 4 is 29.3 Å². The van der Waals surface area contributed by atoms with Crippen molar-refractivity contribution in [3.8, 4) is 6.07 Å². The molecule has 1 aromatic carbocycles. The van der Waals surface area contributed by atoms with Crippen molar-refractivity contribution in [1.29, 1.82) is 5.26 Å². The first kappa shape index (κ1) is 14.0. The fourth-order valence-electron chi connectivity index (χ4n) is 1.18. The van der Waals surface area contributed by atoms with Crippen LogP contribution in [0.15, 0.2) is 18.2 Å². The zero-order valence-electron chi connectivity index (χ0n) is 9.14. The van der Waals surface area contributed by atoms with Crippen LogP contribution in [0.4, 0.5) is 10.1 Å². The Morgan fingerprint density at radius 2 is 2.22 bits per heavy atom. The lowest BCUT2D eigenvalue weighted by Gasteiger charge is -2.07. The third kappa shape index (κ3) is 4.07. The highest BCUT2D eigenvalue weighted by molar-refractivity contribution is 8.00. The summed E-state index contributed by atoms with van der Waals surface area (Å²) in [7, 11) is 0. The molecule has 94 valence electrons. The van der Waals surface area contributed by atoms with Crippen LogP contribution in [0.25, 0.3) is 0 Å². The number of nitriles is 1. The van der Waals surface area contributed by atoms with Crippen LogP contribution in [0.1, 0.15) is 10.4 Å². The van der Waals surface area contributed by atoms with E-state index in [0.717, 1.165) is 23.9 Å². The third-order valence-electron chi connectivity index (χ3n) is 1.89. The van der Waals surface area contributed by atoms with Gasteiger partial charge < -0.3 is 10.4 Å². The van der Waals surface area contributed by atoms with Crippen LogP contribution in [0, 0.1) is 17.1 Å². The summed E-state index contributed by atoms with van der Waals surface area (Å²) in [6.07, 6.45) is 0. The zero-order chi connectivity index (χ0) is 13.5. The number of thioether (sulfide) groups is 1. The Balaban J connectivity index is 2.75. The second-order valence-corrected chi connectivity index (χ2v) is 4.18. The molecule has 2 N–H and O–H groups in total. The predicted octanol–water partition coefficient (Wildman–Crippen LogP) is 1.72. The van der Waals surface area contributed by atoms with Crippen molar-refractivity contribution in [2.75, 3.05) is 16.8 Å².